The molecule has 0 amide bonds. The second-order valence-corrected chi connectivity index (χ2v) is 7.41. The molecule has 2 rings (SSSR count). The summed E-state index contributed by atoms with van der Waals surface area (Å²) in [6, 6.07) is 2.01. The van der Waals surface area contributed by atoms with Crippen LogP contribution in [0.4, 0.5) is 0 Å². The van der Waals surface area contributed by atoms with Crippen molar-refractivity contribution in [3.63, 3.8) is 0 Å². The van der Waals surface area contributed by atoms with Gasteiger partial charge in [0.1, 0.15) is 6.54 Å². The highest BCUT2D eigenvalue weighted by molar-refractivity contribution is 14.0. The summed E-state index contributed by atoms with van der Waals surface area (Å²) in [6.45, 7) is 8.09. The van der Waals surface area contributed by atoms with E-state index in [1.54, 1.807) is 11.8 Å². The third-order valence-electron chi connectivity index (χ3n) is 4.39. The molecule has 0 spiro atoms. The molecular formula is C17H31IN4O2S. The predicted molar refractivity (Wildman–Crippen MR) is 115 cm³/mol. The lowest BCUT2D eigenvalue weighted by molar-refractivity contribution is 0.0724. The third-order valence-corrected chi connectivity index (χ3v) is 5.62. The molecule has 1 fully saturated rings. The van der Waals surface area contributed by atoms with E-state index in [0.29, 0.717) is 25.0 Å². The van der Waals surface area contributed by atoms with Gasteiger partial charge < -0.3 is 20.3 Å². The van der Waals surface area contributed by atoms with Crippen LogP contribution in [-0.2, 0) is 6.54 Å². The quantitative estimate of drug-likeness (QED) is 0.300. The van der Waals surface area contributed by atoms with Gasteiger partial charge in [-0.15, -0.1) is 24.0 Å². The lowest BCUT2D eigenvalue weighted by Gasteiger charge is -2.23. The fraction of sp³-hybridized carbons (Fsp3) is 0.765. The number of aliphatic imine (C=N–C) groups is 1. The summed E-state index contributed by atoms with van der Waals surface area (Å²) in [4.78, 5) is 4.54. The van der Waals surface area contributed by atoms with Gasteiger partial charge in [0.25, 0.3) is 0 Å². The zero-order chi connectivity index (χ0) is 17.4. The number of nitrogens with zero attached hydrogens (tertiary/aromatic N) is 2. The molecular weight excluding hydrogens is 451 g/mol. The van der Waals surface area contributed by atoms with Gasteiger partial charge in [-0.2, -0.15) is 11.8 Å². The fourth-order valence-electron chi connectivity index (χ4n) is 2.79. The highest BCUT2D eigenvalue weighted by atomic mass is 127. The van der Waals surface area contributed by atoms with Crippen LogP contribution in [0, 0.1) is 0 Å². The van der Waals surface area contributed by atoms with Crippen LogP contribution >= 0.6 is 35.7 Å². The molecule has 2 heterocycles. The number of thioether (sulfide) groups is 1. The first-order chi connectivity index (χ1) is 11.6. The van der Waals surface area contributed by atoms with Crippen LogP contribution in [0.15, 0.2) is 15.6 Å². The molecule has 1 atom stereocenters. The minimum Gasteiger partial charge on any atom is -0.387 e. The first kappa shape index (κ1) is 22.6. The maximum Gasteiger partial charge on any atom is 0.191 e. The Hall–Kier alpha value is -0.480. The number of nitrogens with one attached hydrogen (secondary N) is 2. The van der Waals surface area contributed by atoms with Gasteiger partial charge in [-0.05, 0) is 31.9 Å². The summed E-state index contributed by atoms with van der Waals surface area (Å²) in [7, 11) is 0. The zero-order valence-corrected chi connectivity index (χ0v) is 18.5. The minimum atomic E-state index is -0.629. The van der Waals surface area contributed by atoms with Gasteiger partial charge in [0.05, 0.1) is 11.3 Å². The average molecular weight is 482 g/mol. The van der Waals surface area contributed by atoms with E-state index in [4.69, 9.17) is 4.52 Å². The van der Waals surface area contributed by atoms with Gasteiger partial charge in [-0.3, -0.25) is 0 Å². The molecule has 25 heavy (non-hydrogen) atoms. The fourth-order valence-corrected chi connectivity index (χ4v) is 4.08. The van der Waals surface area contributed by atoms with Crippen molar-refractivity contribution in [2.24, 2.45) is 4.99 Å². The van der Waals surface area contributed by atoms with Crippen LogP contribution in [0.25, 0.3) is 0 Å². The van der Waals surface area contributed by atoms with E-state index in [-0.39, 0.29) is 24.0 Å². The first-order valence-corrected chi connectivity index (χ1v) is 10.0. The zero-order valence-electron chi connectivity index (χ0n) is 15.4. The highest BCUT2D eigenvalue weighted by Crippen LogP contribution is 2.27. The molecule has 0 bridgehead atoms. The molecule has 1 aliphatic heterocycles. The first-order valence-electron chi connectivity index (χ1n) is 8.88. The third kappa shape index (κ3) is 6.97. The Balaban J connectivity index is 0.00000312. The molecule has 1 aromatic rings. The van der Waals surface area contributed by atoms with Crippen LogP contribution in [0.3, 0.4) is 0 Å². The van der Waals surface area contributed by atoms with Gasteiger partial charge >= 0.3 is 0 Å². The van der Waals surface area contributed by atoms with Crippen LogP contribution in [-0.4, -0.2) is 46.4 Å². The van der Waals surface area contributed by atoms with E-state index in [1.807, 2.05) is 13.0 Å². The molecule has 1 aromatic heterocycles. The lowest BCUT2D eigenvalue weighted by Crippen LogP contribution is -2.47. The normalized spacial score (nSPS) is 20.6. The van der Waals surface area contributed by atoms with Crippen molar-refractivity contribution in [2.45, 2.75) is 58.1 Å². The van der Waals surface area contributed by atoms with Gasteiger partial charge in [0.2, 0.25) is 0 Å². The van der Waals surface area contributed by atoms with Gasteiger partial charge in [-0.1, -0.05) is 19.0 Å². The Labute approximate surface area is 172 Å². The molecule has 8 heteroatoms. The van der Waals surface area contributed by atoms with Crippen LogP contribution in [0.1, 0.15) is 57.4 Å². The summed E-state index contributed by atoms with van der Waals surface area (Å²) < 4.78 is 5.41. The van der Waals surface area contributed by atoms with Gasteiger partial charge in [0, 0.05) is 30.8 Å². The molecule has 0 radical (unpaired) electrons. The molecule has 0 saturated carbocycles. The highest BCUT2D eigenvalue weighted by Gasteiger charge is 2.31. The van der Waals surface area contributed by atoms with Crippen molar-refractivity contribution in [3.8, 4) is 0 Å². The molecule has 0 aliphatic carbocycles. The summed E-state index contributed by atoms with van der Waals surface area (Å²) >= 11 is 1.79. The van der Waals surface area contributed by atoms with Crippen LogP contribution < -0.4 is 10.6 Å². The van der Waals surface area contributed by atoms with E-state index >= 15 is 0 Å². The smallest absolute Gasteiger partial charge is 0.191 e. The number of guanidine groups is 1. The summed E-state index contributed by atoms with van der Waals surface area (Å²) in [5.41, 5.74) is 0.385. The number of halogens is 1. The summed E-state index contributed by atoms with van der Waals surface area (Å²) in [5.74, 6) is 3.71. The Bertz CT molecular complexity index is 528. The Kier molecular flexibility index (Phi) is 10.2. The second-order valence-electron chi connectivity index (χ2n) is 6.31. The molecule has 1 saturated heterocycles. The molecule has 144 valence electrons. The maximum atomic E-state index is 10.4. The van der Waals surface area contributed by atoms with Crippen molar-refractivity contribution in [1.29, 1.82) is 0 Å². The number of rotatable bonds is 8. The summed E-state index contributed by atoms with van der Waals surface area (Å²) in [5, 5.41) is 21.0. The molecule has 1 unspecified atom stereocenters. The van der Waals surface area contributed by atoms with Gasteiger partial charge in [-0.25, -0.2) is 4.99 Å². The predicted octanol–water partition coefficient (Wildman–Crippen LogP) is 3.12. The average Bonchev–Trinajstić information content (AvgIpc) is 3.21. The molecule has 6 nitrogen and oxygen atoms in total. The molecule has 3 N–H and O–H groups in total. The molecule has 0 aromatic carbocycles. The maximum absolute atomic E-state index is 10.4. The number of aromatic nitrogens is 1. The van der Waals surface area contributed by atoms with E-state index in [1.165, 1.54) is 0 Å². The Morgan fingerprint density at radius 3 is 2.76 bits per heavy atom. The largest absolute Gasteiger partial charge is 0.387 e. The van der Waals surface area contributed by atoms with Crippen molar-refractivity contribution in [3.05, 3.63) is 17.5 Å². The van der Waals surface area contributed by atoms with Crippen molar-refractivity contribution >= 4 is 41.7 Å². The van der Waals surface area contributed by atoms with E-state index in [0.717, 1.165) is 48.8 Å². The Morgan fingerprint density at radius 2 is 2.16 bits per heavy atom. The Morgan fingerprint density at radius 1 is 1.40 bits per heavy atom. The summed E-state index contributed by atoms with van der Waals surface area (Å²) in [6.07, 6.45) is 2.95. The lowest BCUT2D eigenvalue weighted by atomic mass is 9.99. The van der Waals surface area contributed by atoms with Gasteiger partial charge in [0.15, 0.2) is 11.7 Å². The van der Waals surface area contributed by atoms with E-state index in [9.17, 15) is 5.11 Å². The molecule has 1 aliphatic rings. The number of hydrogen-bond acceptors (Lipinski definition) is 5. The van der Waals surface area contributed by atoms with Crippen LogP contribution in [0.2, 0.25) is 0 Å². The minimum absolute atomic E-state index is 0. The number of hydrogen-bond donors (Lipinski definition) is 3. The SMILES string of the molecule is CCNC(=NCc1cc(C(CC)CC)no1)NCC1(O)CCSC1.I. The second kappa shape index (κ2) is 11.3. The topological polar surface area (TPSA) is 82.7 Å². The van der Waals surface area contributed by atoms with E-state index < -0.39 is 5.60 Å². The van der Waals surface area contributed by atoms with E-state index in [2.05, 4.69) is 34.6 Å². The standard InChI is InChI=1S/C17H30N4O2S.HI/c1-4-13(5-2)15-9-14(23-21-15)10-19-16(18-6-3)20-11-17(22)7-8-24-12-17;/h9,13,22H,4-8,10-12H2,1-3H3,(H2,18,19,20);1H. The van der Waals surface area contributed by atoms with Crippen molar-refractivity contribution in [1.82, 2.24) is 15.8 Å². The number of aliphatic hydroxyl groups is 1. The monoisotopic (exact) mass is 482 g/mol. The van der Waals surface area contributed by atoms with Crippen LogP contribution in [0.5, 0.6) is 0 Å². The van der Waals surface area contributed by atoms with Crippen molar-refractivity contribution < 1.29 is 9.63 Å². The van der Waals surface area contributed by atoms with Crippen molar-refractivity contribution in [2.75, 3.05) is 24.6 Å².